The number of imidazole rings is 1. The second-order valence-electron chi connectivity index (χ2n) is 7.02. The van der Waals surface area contributed by atoms with Crippen molar-refractivity contribution in [1.82, 2.24) is 18.7 Å². The first kappa shape index (κ1) is 16.9. The highest BCUT2D eigenvalue weighted by Gasteiger charge is 2.28. The predicted octanol–water partition coefficient (Wildman–Crippen LogP) is 2.36. The third-order valence-electron chi connectivity index (χ3n) is 4.67. The summed E-state index contributed by atoms with van der Waals surface area (Å²) < 4.78 is 4.67. The van der Waals surface area contributed by atoms with Gasteiger partial charge in [0, 0.05) is 37.4 Å². The maximum absolute atomic E-state index is 13.0. The molecule has 7 nitrogen and oxygen atoms in total. The molecule has 0 atom stereocenters. The summed E-state index contributed by atoms with van der Waals surface area (Å²) in [7, 11) is 1.66. The van der Waals surface area contributed by atoms with Gasteiger partial charge in [-0.15, -0.1) is 0 Å². The van der Waals surface area contributed by atoms with E-state index in [1.807, 2.05) is 47.6 Å². The van der Waals surface area contributed by atoms with Crippen LogP contribution in [0.1, 0.15) is 13.8 Å². The summed E-state index contributed by atoms with van der Waals surface area (Å²) in [6, 6.07) is 7.52. The van der Waals surface area contributed by atoms with E-state index in [0.717, 1.165) is 5.69 Å². The molecule has 8 heteroatoms. The standard InChI is InChI=1S/C18H20ClN5O2/c1-11(2)10-24-16(25)14-15(21(3)18(24)26)20-17-22(7-8-23(14)17)13-6-4-5-12(19)9-13/h4-6,9,11H,7-8,10H2,1-3H3. The molecule has 1 aliphatic rings. The van der Waals surface area contributed by atoms with Crippen molar-refractivity contribution < 1.29 is 0 Å². The van der Waals surface area contributed by atoms with Gasteiger partial charge in [0.25, 0.3) is 5.56 Å². The normalized spacial score (nSPS) is 13.8. The fourth-order valence-electron chi connectivity index (χ4n) is 3.49. The molecular weight excluding hydrogens is 354 g/mol. The van der Waals surface area contributed by atoms with E-state index in [4.69, 9.17) is 11.6 Å². The Labute approximate surface area is 155 Å². The lowest BCUT2D eigenvalue weighted by Gasteiger charge is -2.16. The number of nitrogens with zero attached hydrogens (tertiary/aromatic N) is 5. The van der Waals surface area contributed by atoms with Crippen molar-refractivity contribution in [2.24, 2.45) is 13.0 Å². The van der Waals surface area contributed by atoms with Crippen molar-refractivity contribution in [3.63, 3.8) is 0 Å². The van der Waals surface area contributed by atoms with Gasteiger partial charge in [-0.1, -0.05) is 31.5 Å². The van der Waals surface area contributed by atoms with Crippen LogP contribution in [0.15, 0.2) is 33.9 Å². The van der Waals surface area contributed by atoms with Crippen LogP contribution in [0.25, 0.3) is 11.2 Å². The predicted molar refractivity (Wildman–Crippen MR) is 103 cm³/mol. The molecule has 0 bridgehead atoms. The quantitative estimate of drug-likeness (QED) is 0.707. The number of aromatic nitrogens is 4. The van der Waals surface area contributed by atoms with Gasteiger partial charge in [0.15, 0.2) is 11.2 Å². The van der Waals surface area contributed by atoms with Gasteiger partial charge in [-0.3, -0.25) is 13.9 Å². The lowest BCUT2D eigenvalue weighted by molar-refractivity contribution is 0.484. The zero-order chi connectivity index (χ0) is 18.6. The Morgan fingerprint density at radius 1 is 1.23 bits per heavy atom. The molecule has 0 saturated heterocycles. The molecule has 1 aliphatic heterocycles. The fourth-order valence-corrected chi connectivity index (χ4v) is 3.68. The van der Waals surface area contributed by atoms with Crippen LogP contribution in [0.5, 0.6) is 0 Å². The van der Waals surface area contributed by atoms with Gasteiger partial charge in [-0.05, 0) is 24.1 Å². The lowest BCUT2D eigenvalue weighted by atomic mass is 10.2. The number of rotatable bonds is 3. The second-order valence-corrected chi connectivity index (χ2v) is 7.45. The molecule has 0 radical (unpaired) electrons. The van der Waals surface area contributed by atoms with Crippen LogP contribution in [0, 0.1) is 5.92 Å². The number of anilines is 2. The number of benzene rings is 1. The third-order valence-corrected chi connectivity index (χ3v) is 4.90. The maximum atomic E-state index is 13.0. The zero-order valence-corrected chi connectivity index (χ0v) is 15.7. The second kappa shape index (κ2) is 6.02. The number of fused-ring (bicyclic) bond motifs is 3. The van der Waals surface area contributed by atoms with Gasteiger partial charge in [-0.2, -0.15) is 4.98 Å². The van der Waals surface area contributed by atoms with Gasteiger partial charge in [-0.25, -0.2) is 4.79 Å². The SMILES string of the molecule is CC(C)Cn1c(=O)c2c(nc3n2CCN3c2cccc(Cl)c2)n(C)c1=O. The lowest BCUT2D eigenvalue weighted by Crippen LogP contribution is -2.40. The molecule has 3 aromatic rings. The van der Waals surface area contributed by atoms with Crippen molar-refractivity contribution in [3.8, 4) is 0 Å². The van der Waals surface area contributed by atoms with Crippen molar-refractivity contribution in [2.75, 3.05) is 11.4 Å². The van der Waals surface area contributed by atoms with E-state index >= 15 is 0 Å². The molecule has 0 saturated carbocycles. The van der Waals surface area contributed by atoms with Crippen LogP contribution in [0.2, 0.25) is 5.02 Å². The Morgan fingerprint density at radius 3 is 2.69 bits per heavy atom. The van der Waals surface area contributed by atoms with Crippen LogP contribution in [0.3, 0.4) is 0 Å². The van der Waals surface area contributed by atoms with Gasteiger partial charge in [0.1, 0.15) is 0 Å². The van der Waals surface area contributed by atoms with E-state index in [-0.39, 0.29) is 17.2 Å². The largest absolute Gasteiger partial charge is 0.332 e. The first-order chi connectivity index (χ1) is 12.4. The van der Waals surface area contributed by atoms with E-state index in [2.05, 4.69) is 4.98 Å². The minimum atomic E-state index is -0.331. The summed E-state index contributed by atoms with van der Waals surface area (Å²) in [6.07, 6.45) is 0. The number of hydrogen-bond acceptors (Lipinski definition) is 4. The van der Waals surface area contributed by atoms with Crippen LogP contribution >= 0.6 is 11.6 Å². The molecule has 26 heavy (non-hydrogen) atoms. The Balaban J connectivity index is 1.95. The van der Waals surface area contributed by atoms with Crippen molar-refractivity contribution in [3.05, 3.63) is 50.1 Å². The van der Waals surface area contributed by atoms with Gasteiger partial charge in [0.2, 0.25) is 5.95 Å². The van der Waals surface area contributed by atoms with Crippen molar-refractivity contribution in [2.45, 2.75) is 26.9 Å². The highest BCUT2D eigenvalue weighted by atomic mass is 35.5. The first-order valence-electron chi connectivity index (χ1n) is 8.61. The molecule has 136 valence electrons. The van der Waals surface area contributed by atoms with E-state index in [1.54, 1.807) is 7.05 Å². The van der Waals surface area contributed by atoms with Crippen LogP contribution in [0.4, 0.5) is 11.6 Å². The fraction of sp³-hybridized carbons (Fsp3) is 0.389. The summed E-state index contributed by atoms with van der Waals surface area (Å²) in [5.74, 6) is 0.860. The summed E-state index contributed by atoms with van der Waals surface area (Å²) in [5, 5.41) is 0.642. The van der Waals surface area contributed by atoms with Gasteiger partial charge < -0.3 is 9.47 Å². The van der Waals surface area contributed by atoms with Crippen molar-refractivity contribution in [1.29, 1.82) is 0 Å². The highest BCUT2D eigenvalue weighted by Crippen LogP contribution is 2.32. The number of halogens is 1. The van der Waals surface area contributed by atoms with E-state index in [9.17, 15) is 9.59 Å². The minimum Gasteiger partial charge on any atom is -0.310 e. The van der Waals surface area contributed by atoms with Gasteiger partial charge >= 0.3 is 5.69 Å². The van der Waals surface area contributed by atoms with Crippen LogP contribution < -0.4 is 16.1 Å². The molecule has 3 heterocycles. The Morgan fingerprint density at radius 2 is 2.00 bits per heavy atom. The van der Waals surface area contributed by atoms with E-state index in [1.165, 1.54) is 9.13 Å². The maximum Gasteiger partial charge on any atom is 0.332 e. The molecule has 1 aromatic carbocycles. The third kappa shape index (κ3) is 2.46. The van der Waals surface area contributed by atoms with Crippen LogP contribution in [-0.2, 0) is 20.1 Å². The van der Waals surface area contributed by atoms with Crippen molar-refractivity contribution >= 4 is 34.4 Å². The molecule has 0 spiro atoms. The summed E-state index contributed by atoms with van der Waals surface area (Å²) in [4.78, 5) is 32.2. The number of aryl methyl sites for hydroxylation is 1. The van der Waals surface area contributed by atoms with E-state index in [0.29, 0.717) is 41.8 Å². The molecule has 0 unspecified atom stereocenters. The molecule has 2 aromatic heterocycles. The molecule has 4 rings (SSSR count). The minimum absolute atomic E-state index is 0.196. The Bertz CT molecular complexity index is 1130. The average molecular weight is 374 g/mol. The van der Waals surface area contributed by atoms with E-state index < -0.39 is 0 Å². The van der Waals surface area contributed by atoms with Gasteiger partial charge in [0.05, 0.1) is 0 Å². The molecule has 0 aliphatic carbocycles. The number of hydrogen-bond donors (Lipinski definition) is 0. The molecular formula is C18H20ClN5O2. The highest BCUT2D eigenvalue weighted by molar-refractivity contribution is 6.30. The average Bonchev–Trinajstić information content (AvgIpc) is 3.15. The first-order valence-corrected chi connectivity index (χ1v) is 8.99. The molecule has 0 N–H and O–H groups in total. The Hall–Kier alpha value is -2.54. The Kier molecular flexibility index (Phi) is 3.91. The molecule has 0 amide bonds. The zero-order valence-electron chi connectivity index (χ0n) is 14.9. The smallest absolute Gasteiger partial charge is 0.310 e. The summed E-state index contributed by atoms with van der Waals surface area (Å²) >= 11 is 6.12. The summed E-state index contributed by atoms with van der Waals surface area (Å²) in [5.41, 5.74) is 1.21. The topological polar surface area (TPSA) is 65.1 Å². The monoisotopic (exact) mass is 373 g/mol. The van der Waals surface area contributed by atoms with Crippen LogP contribution in [-0.4, -0.2) is 25.2 Å². The molecule has 0 fully saturated rings. The summed E-state index contributed by atoms with van der Waals surface area (Å²) in [6.45, 7) is 5.69.